The van der Waals surface area contributed by atoms with Gasteiger partial charge in [0.05, 0.1) is 12.0 Å². The summed E-state index contributed by atoms with van der Waals surface area (Å²) in [7, 11) is 0. The van der Waals surface area contributed by atoms with Gasteiger partial charge in [0, 0.05) is 18.8 Å². The highest BCUT2D eigenvalue weighted by molar-refractivity contribution is 5.91. The first kappa shape index (κ1) is 16.0. The number of nitrogens with zero attached hydrogens (tertiary/aromatic N) is 1. The second-order valence-electron chi connectivity index (χ2n) is 4.81. The Labute approximate surface area is 118 Å². The maximum absolute atomic E-state index is 12.1. The number of urea groups is 1. The van der Waals surface area contributed by atoms with E-state index >= 15 is 0 Å². The van der Waals surface area contributed by atoms with Crippen LogP contribution in [0.1, 0.15) is 20.3 Å². The number of rotatable bonds is 6. The van der Waals surface area contributed by atoms with Gasteiger partial charge in [-0.1, -0.05) is 18.2 Å². The molecule has 1 aromatic carbocycles. The summed E-state index contributed by atoms with van der Waals surface area (Å²) in [6.07, 6.45) is -0.426. The van der Waals surface area contributed by atoms with Crippen LogP contribution >= 0.6 is 0 Å². The number of para-hydroxylation sites is 1. The van der Waals surface area contributed by atoms with Gasteiger partial charge in [0.15, 0.2) is 0 Å². The smallest absolute Gasteiger partial charge is 0.321 e. The standard InChI is InChI=1S/C14H20N2O4/c1-3-16(11-7-5-4-6-8-11)13(19)15-10-14(2,20)9-12(17)18/h4-8,20H,3,9-10H2,1-2H3,(H,15,19)(H,17,18). The molecule has 110 valence electrons. The zero-order chi connectivity index (χ0) is 15.2. The minimum Gasteiger partial charge on any atom is -0.481 e. The van der Waals surface area contributed by atoms with Crippen molar-refractivity contribution in [3.05, 3.63) is 30.3 Å². The van der Waals surface area contributed by atoms with E-state index in [-0.39, 0.29) is 12.6 Å². The molecule has 0 aliphatic carbocycles. The number of aliphatic hydroxyl groups is 1. The van der Waals surface area contributed by atoms with Crippen LogP contribution in [0, 0.1) is 0 Å². The first-order valence-corrected chi connectivity index (χ1v) is 6.40. The summed E-state index contributed by atoms with van der Waals surface area (Å²) in [5.74, 6) is -1.11. The van der Waals surface area contributed by atoms with Crippen LogP contribution in [-0.4, -0.2) is 40.9 Å². The molecule has 0 spiro atoms. The summed E-state index contributed by atoms with van der Waals surface area (Å²) < 4.78 is 0. The summed E-state index contributed by atoms with van der Waals surface area (Å²) in [6.45, 7) is 3.56. The number of carboxylic acids is 1. The highest BCUT2D eigenvalue weighted by Crippen LogP contribution is 2.13. The lowest BCUT2D eigenvalue weighted by Gasteiger charge is -2.26. The zero-order valence-electron chi connectivity index (χ0n) is 11.7. The van der Waals surface area contributed by atoms with Gasteiger partial charge in [-0.15, -0.1) is 0 Å². The van der Waals surface area contributed by atoms with Crippen molar-refractivity contribution in [3.63, 3.8) is 0 Å². The molecular weight excluding hydrogens is 260 g/mol. The second kappa shape index (κ2) is 6.91. The van der Waals surface area contributed by atoms with Gasteiger partial charge < -0.3 is 15.5 Å². The molecule has 3 N–H and O–H groups in total. The van der Waals surface area contributed by atoms with Gasteiger partial charge >= 0.3 is 12.0 Å². The van der Waals surface area contributed by atoms with E-state index in [9.17, 15) is 14.7 Å². The Morgan fingerprint density at radius 1 is 1.30 bits per heavy atom. The Hall–Kier alpha value is -2.08. The van der Waals surface area contributed by atoms with E-state index in [0.717, 1.165) is 5.69 Å². The molecule has 0 bridgehead atoms. The van der Waals surface area contributed by atoms with Crippen molar-refractivity contribution in [1.29, 1.82) is 0 Å². The molecule has 6 heteroatoms. The number of amides is 2. The monoisotopic (exact) mass is 280 g/mol. The SMILES string of the molecule is CCN(C(=O)NCC(C)(O)CC(=O)O)c1ccccc1. The quantitative estimate of drug-likeness (QED) is 0.735. The molecule has 0 fully saturated rings. The molecule has 0 aromatic heterocycles. The van der Waals surface area contributed by atoms with Crippen molar-refractivity contribution in [3.8, 4) is 0 Å². The number of hydrogen-bond donors (Lipinski definition) is 3. The molecule has 0 aliphatic heterocycles. The third kappa shape index (κ3) is 4.89. The molecule has 2 amide bonds. The van der Waals surface area contributed by atoms with Crippen LogP contribution in [0.3, 0.4) is 0 Å². The molecule has 0 radical (unpaired) electrons. The maximum atomic E-state index is 12.1. The fourth-order valence-electron chi connectivity index (χ4n) is 1.80. The van der Waals surface area contributed by atoms with Gasteiger partial charge in [-0.3, -0.25) is 9.69 Å². The highest BCUT2D eigenvalue weighted by Gasteiger charge is 2.26. The summed E-state index contributed by atoms with van der Waals surface area (Å²) in [5.41, 5.74) is -0.734. The molecule has 0 aliphatic rings. The summed E-state index contributed by atoms with van der Waals surface area (Å²) in [4.78, 5) is 24.2. The lowest BCUT2D eigenvalue weighted by Crippen LogP contribution is -2.47. The summed E-state index contributed by atoms with van der Waals surface area (Å²) in [6, 6.07) is 8.74. The maximum Gasteiger partial charge on any atom is 0.321 e. The van der Waals surface area contributed by atoms with Crippen LogP contribution in [0.2, 0.25) is 0 Å². The number of hydrogen-bond acceptors (Lipinski definition) is 3. The van der Waals surface area contributed by atoms with Crippen LogP contribution < -0.4 is 10.2 Å². The molecule has 20 heavy (non-hydrogen) atoms. The predicted molar refractivity (Wildman–Crippen MR) is 75.7 cm³/mol. The van der Waals surface area contributed by atoms with Crippen molar-refractivity contribution >= 4 is 17.7 Å². The fraction of sp³-hybridized carbons (Fsp3) is 0.429. The topological polar surface area (TPSA) is 89.9 Å². The normalized spacial score (nSPS) is 13.3. The van der Waals surface area contributed by atoms with E-state index in [1.807, 2.05) is 25.1 Å². The lowest BCUT2D eigenvalue weighted by molar-refractivity contribution is -0.141. The molecule has 6 nitrogen and oxygen atoms in total. The van der Waals surface area contributed by atoms with Gasteiger partial charge in [-0.2, -0.15) is 0 Å². The number of carbonyl (C=O) groups excluding carboxylic acids is 1. The van der Waals surface area contributed by atoms with E-state index in [1.165, 1.54) is 11.8 Å². The minimum atomic E-state index is -1.47. The average Bonchev–Trinajstić information content (AvgIpc) is 2.37. The predicted octanol–water partition coefficient (Wildman–Crippen LogP) is 1.45. The van der Waals surface area contributed by atoms with Crippen molar-refractivity contribution < 1.29 is 19.8 Å². The molecular formula is C14H20N2O4. The minimum absolute atomic E-state index is 0.124. The number of anilines is 1. The number of nitrogens with one attached hydrogen (secondary N) is 1. The third-order valence-electron chi connectivity index (χ3n) is 2.78. The van der Waals surface area contributed by atoms with Crippen molar-refractivity contribution in [2.75, 3.05) is 18.0 Å². The Kier molecular flexibility index (Phi) is 5.52. The number of carbonyl (C=O) groups is 2. The lowest BCUT2D eigenvalue weighted by atomic mass is 10.0. The van der Waals surface area contributed by atoms with Crippen LogP contribution in [0.5, 0.6) is 0 Å². The van der Waals surface area contributed by atoms with E-state index < -0.39 is 18.0 Å². The molecule has 1 aromatic rings. The summed E-state index contributed by atoms with van der Waals surface area (Å²) in [5, 5.41) is 21.1. The Balaban J connectivity index is 2.63. The van der Waals surface area contributed by atoms with Crippen molar-refractivity contribution in [2.45, 2.75) is 25.9 Å². The van der Waals surface area contributed by atoms with E-state index in [4.69, 9.17) is 5.11 Å². The molecule has 0 heterocycles. The van der Waals surface area contributed by atoms with Gasteiger partial charge in [-0.05, 0) is 26.0 Å². The highest BCUT2D eigenvalue weighted by atomic mass is 16.4. The van der Waals surface area contributed by atoms with Crippen LogP contribution in [-0.2, 0) is 4.79 Å². The molecule has 1 atom stereocenters. The Bertz CT molecular complexity index is 460. The van der Waals surface area contributed by atoms with Crippen LogP contribution in [0.15, 0.2) is 30.3 Å². The first-order valence-electron chi connectivity index (χ1n) is 6.40. The molecule has 0 saturated heterocycles. The van der Waals surface area contributed by atoms with Gasteiger partial charge in [-0.25, -0.2) is 4.79 Å². The number of carboxylic acid groups (broad SMARTS) is 1. The second-order valence-corrected chi connectivity index (χ2v) is 4.81. The summed E-state index contributed by atoms with van der Waals surface area (Å²) >= 11 is 0. The fourth-order valence-corrected chi connectivity index (χ4v) is 1.80. The molecule has 1 rings (SSSR count). The van der Waals surface area contributed by atoms with Gasteiger partial charge in [0.25, 0.3) is 0 Å². The van der Waals surface area contributed by atoms with E-state index in [2.05, 4.69) is 5.32 Å². The van der Waals surface area contributed by atoms with E-state index in [1.54, 1.807) is 12.1 Å². The zero-order valence-corrected chi connectivity index (χ0v) is 11.7. The average molecular weight is 280 g/mol. The first-order chi connectivity index (χ1) is 9.35. The van der Waals surface area contributed by atoms with Crippen LogP contribution in [0.25, 0.3) is 0 Å². The van der Waals surface area contributed by atoms with Crippen molar-refractivity contribution in [2.24, 2.45) is 0 Å². The Morgan fingerprint density at radius 2 is 1.90 bits per heavy atom. The number of aliphatic carboxylic acids is 1. The molecule has 1 unspecified atom stereocenters. The largest absolute Gasteiger partial charge is 0.481 e. The van der Waals surface area contributed by atoms with Crippen molar-refractivity contribution in [1.82, 2.24) is 5.32 Å². The van der Waals surface area contributed by atoms with E-state index in [0.29, 0.717) is 6.54 Å². The van der Waals surface area contributed by atoms with Gasteiger partial charge in [0.1, 0.15) is 0 Å². The van der Waals surface area contributed by atoms with Crippen LogP contribution in [0.4, 0.5) is 10.5 Å². The number of benzene rings is 1. The third-order valence-corrected chi connectivity index (χ3v) is 2.78. The molecule has 0 saturated carbocycles. The van der Waals surface area contributed by atoms with Gasteiger partial charge in [0.2, 0.25) is 0 Å². The Morgan fingerprint density at radius 3 is 2.40 bits per heavy atom.